The number of hydrogen-bond donors (Lipinski definition) is 1. The van der Waals surface area contributed by atoms with E-state index < -0.39 is 15.1 Å². The lowest BCUT2D eigenvalue weighted by molar-refractivity contribution is 0.0950. The van der Waals surface area contributed by atoms with Crippen LogP contribution < -0.4 is 5.32 Å². The van der Waals surface area contributed by atoms with Crippen molar-refractivity contribution in [2.45, 2.75) is 48.7 Å². The maximum atomic E-state index is 12.0. The SMILES string of the molecule is CCC(C)S(=O)(=O)c1nnc(C(=O)NC2CC2)s1. The number of sulfone groups is 1. The predicted molar refractivity (Wildman–Crippen MR) is 67.3 cm³/mol. The molecule has 2 rings (SSSR count). The van der Waals surface area contributed by atoms with E-state index in [9.17, 15) is 13.2 Å². The Morgan fingerprint density at radius 2 is 2.17 bits per heavy atom. The lowest BCUT2D eigenvalue weighted by atomic mass is 10.4. The van der Waals surface area contributed by atoms with Gasteiger partial charge in [-0.05, 0) is 26.2 Å². The van der Waals surface area contributed by atoms with Gasteiger partial charge in [0, 0.05) is 6.04 Å². The standard InChI is InChI=1S/C10H15N3O3S2/c1-3-6(2)18(15,16)10-13-12-9(17-10)8(14)11-7-4-5-7/h6-7H,3-5H2,1-2H3,(H,11,14). The van der Waals surface area contributed by atoms with Crippen LogP contribution >= 0.6 is 11.3 Å². The first kappa shape index (κ1) is 13.4. The lowest BCUT2D eigenvalue weighted by Crippen LogP contribution is -2.25. The summed E-state index contributed by atoms with van der Waals surface area (Å²) < 4.78 is 23.9. The highest BCUT2D eigenvalue weighted by Crippen LogP contribution is 2.23. The summed E-state index contributed by atoms with van der Waals surface area (Å²) in [5.74, 6) is -0.333. The largest absolute Gasteiger partial charge is 0.347 e. The molecule has 18 heavy (non-hydrogen) atoms. The van der Waals surface area contributed by atoms with Gasteiger partial charge in [-0.15, -0.1) is 10.2 Å². The molecule has 1 fully saturated rings. The minimum Gasteiger partial charge on any atom is -0.347 e. The van der Waals surface area contributed by atoms with Crippen LogP contribution in [0.1, 0.15) is 42.9 Å². The number of hydrogen-bond acceptors (Lipinski definition) is 6. The van der Waals surface area contributed by atoms with E-state index in [0.717, 1.165) is 24.2 Å². The van der Waals surface area contributed by atoms with E-state index >= 15 is 0 Å². The first-order valence-electron chi connectivity index (χ1n) is 5.83. The van der Waals surface area contributed by atoms with Gasteiger partial charge in [-0.2, -0.15) is 0 Å². The molecule has 1 unspecified atom stereocenters. The summed E-state index contributed by atoms with van der Waals surface area (Å²) in [6.45, 7) is 3.42. The Morgan fingerprint density at radius 3 is 2.72 bits per heavy atom. The number of nitrogens with one attached hydrogen (secondary N) is 1. The van der Waals surface area contributed by atoms with Gasteiger partial charge in [0.25, 0.3) is 5.91 Å². The van der Waals surface area contributed by atoms with Crippen molar-refractivity contribution in [1.29, 1.82) is 0 Å². The molecule has 8 heteroatoms. The number of nitrogens with zero attached hydrogens (tertiary/aromatic N) is 2. The summed E-state index contributed by atoms with van der Waals surface area (Å²) in [7, 11) is -3.45. The topological polar surface area (TPSA) is 89.0 Å². The van der Waals surface area contributed by atoms with Gasteiger partial charge in [0.05, 0.1) is 5.25 Å². The second-order valence-corrected chi connectivity index (χ2v) is 7.90. The fourth-order valence-corrected chi connectivity index (χ4v) is 3.90. The molecule has 1 atom stereocenters. The zero-order valence-corrected chi connectivity index (χ0v) is 11.8. The molecule has 1 N–H and O–H groups in total. The molecule has 0 aromatic carbocycles. The molecule has 1 aromatic heterocycles. The third-order valence-electron chi connectivity index (χ3n) is 2.86. The van der Waals surface area contributed by atoms with Gasteiger partial charge in [-0.1, -0.05) is 18.3 Å². The van der Waals surface area contributed by atoms with Crippen molar-refractivity contribution < 1.29 is 13.2 Å². The number of carbonyl (C=O) groups excluding carboxylic acids is 1. The number of carbonyl (C=O) groups is 1. The van der Waals surface area contributed by atoms with Crippen LogP contribution in [0.5, 0.6) is 0 Å². The van der Waals surface area contributed by atoms with E-state index in [1.165, 1.54) is 0 Å². The molecule has 1 aliphatic rings. The molecule has 0 aliphatic heterocycles. The summed E-state index contributed by atoms with van der Waals surface area (Å²) >= 11 is 0.839. The molecular weight excluding hydrogens is 274 g/mol. The molecule has 0 bridgehead atoms. The van der Waals surface area contributed by atoms with Crippen LogP contribution in [0, 0.1) is 0 Å². The van der Waals surface area contributed by atoms with Gasteiger partial charge in [0.1, 0.15) is 0 Å². The highest BCUT2D eigenvalue weighted by Gasteiger charge is 2.29. The third-order valence-corrected chi connectivity index (χ3v) is 6.49. The van der Waals surface area contributed by atoms with Crippen LogP contribution in [-0.2, 0) is 9.84 Å². The Kier molecular flexibility index (Phi) is 3.67. The van der Waals surface area contributed by atoms with Crippen molar-refractivity contribution in [1.82, 2.24) is 15.5 Å². The van der Waals surface area contributed by atoms with E-state index in [1.54, 1.807) is 13.8 Å². The summed E-state index contributed by atoms with van der Waals surface area (Å²) in [5.41, 5.74) is 0. The fourth-order valence-electron chi connectivity index (χ4n) is 1.28. The van der Waals surface area contributed by atoms with Crippen LogP contribution in [0.3, 0.4) is 0 Å². The molecule has 0 saturated heterocycles. The highest BCUT2D eigenvalue weighted by molar-refractivity contribution is 7.93. The monoisotopic (exact) mass is 289 g/mol. The summed E-state index contributed by atoms with van der Waals surface area (Å²) in [4.78, 5) is 11.7. The van der Waals surface area contributed by atoms with Gasteiger partial charge >= 0.3 is 0 Å². The maximum absolute atomic E-state index is 12.0. The third kappa shape index (κ3) is 2.69. The van der Waals surface area contributed by atoms with Crippen LogP contribution in [0.2, 0.25) is 0 Å². The average Bonchev–Trinajstić information content (AvgIpc) is 2.99. The van der Waals surface area contributed by atoms with Gasteiger partial charge in [0.2, 0.25) is 19.2 Å². The van der Waals surface area contributed by atoms with Crippen LogP contribution in [-0.4, -0.2) is 35.8 Å². The quantitative estimate of drug-likeness (QED) is 0.873. The Hall–Kier alpha value is -1.02. The second kappa shape index (κ2) is 4.93. The average molecular weight is 289 g/mol. The van der Waals surface area contributed by atoms with E-state index in [1.807, 2.05) is 0 Å². The first-order chi connectivity index (χ1) is 8.45. The zero-order chi connectivity index (χ0) is 13.3. The number of amides is 1. The minimum absolute atomic E-state index is 0.0715. The number of rotatable bonds is 5. The van der Waals surface area contributed by atoms with E-state index in [0.29, 0.717) is 6.42 Å². The summed E-state index contributed by atoms with van der Waals surface area (Å²) in [6, 6.07) is 0.219. The van der Waals surface area contributed by atoms with E-state index in [2.05, 4.69) is 15.5 Å². The number of aromatic nitrogens is 2. The molecule has 1 heterocycles. The molecule has 0 spiro atoms. The van der Waals surface area contributed by atoms with Crippen molar-refractivity contribution in [3.8, 4) is 0 Å². The van der Waals surface area contributed by atoms with E-state index in [-0.39, 0.29) is 21.3 Å². The highest BCUT2D eigenvalue weighted by atomic mass is 32.2. The van der Waals surface area contributed by atoms with Gasteiger partial charge in [-0.25, -0.2) is 8.42 Å². The molecule has 1 saturated carbocycles. The molecule has 1 aromatic rings. The Balaban J connectivity index is 2.16. The van der Waals surface area contributed by atoms with Crippen molar-refractivity contribution in [2.75, 3.05) is 0 Å². The van der Waals surface area contributed by atoms with Crippen molar-refractivity contribution in [3.63, 3.8) is 0 Å². The molecular formula is C10H15N3O3S2. The lowest BCUT2D eigenvalue weighted by Gasteiger charge is -2.05. The first-order valence-corrected chi connectivity index (χ1v) is 8.19. The van der Waals surface area contributed by atoms with Gasteiger partial charge in [-0.3, -0.25) is 4.79 Å². The molecule has 6 nitrogen and oxygen atoms in total. The van der Waals surface area contributed by atoms with Crippen molar-refractivity contribution in [2.24, 2.45) is 0 Å². The maximum Gasteiger partial charge on any atom is 0.282 e. The Labute approximate surface area is 110 Å². The Morgan fingerprint density at radius 1 is 1.50 bits per heavy atom. The second-order valence-electron chi connectivity index (χ2n) is 4.38. The molecule has 100 valence electrons. The minimum atomic E-state index is -3.45. The van der Waals surface area contributed by atoms with Crippen LogP contribution in [0.4, 0.5) is 0 Å². The molecule has 1 aliphatic carbocycles. The predicted octanol–water partition coefficient (Wildman–Crippen LogP) is 1.00. The van der Waals surface area contributed by atoms with Crippen molar-refractivity contribution in [3.05, 3.63) is 5.01 Å². The molecule has 0 radical (unpaired) electrons. The zero-order valence-electron chi connectivity index (χ0n) is 10.2. The summed E-state index contributed by atoms with van der Waals surface area (Å²) in [6.07, 6.45) is 2.46. The summed E-state index contributed by atoms with van der Waals surface area (Å²) in [5, 5.41) is 9.64. The van der Waals surface area contributed by atoms with Gasteiger partial charge < -0.3 is 5.32 Å². The van der Waals surface area contributed by atoms with Crippen LogP contribution in [0.25, 0.3) is 0 Å². The Bertz CT molecular complexity index is 548. The van der Waals surface area contributed by atoms with Gasteiger partial charge in [0.15, 0.2) is 0 Å². The fraction of sp³-hybridized carbons (Fsp3) is 0.700. The van der Waals surface area contributed by atoms with E-state index in [4.69, 9.17) is 0 Å². The normalized spacial score (nSPS) is 17.4. The van der Waals surface area contributed by atoms with Crippen LogP contribution in [0.15, 0.2) is 4.34 Å². The molecule has 1 amide bonds. The van der Waals surface area contributed by atoms with Crippen molar-refractivity contribution >= 4 is 27.1 Å². The smallest absolute Gasteiger partial charge is 0.282 e.